The molecule has 1 aliphatic heterocycles. The molecular formula is C21H20F3NO5S. The number of hydrogen-bond donors (Lipinski definition) is 0. The number of esters is 1. The smallest absolute Gasteiger partial charge is 0.416 e. The molecule has 0 aromatic heterocycles. The van der Waals surface area contributed by atoms with E-state index in [1.807, 2.05) is 0 Å². The fraction of sp³-hybridized carbons (Fsp3) is 0.333. The van der Waals surface area contributed by atoms with Gasteiger partial charge in [0, 0.05) is 17.4 Å². The molecule has 1 saturated heterocycles. The lowest BCUT2D eigenvalue weighted by molar-refractivity contribution is -0.145. The summed E-state index contributed by atoms with van der Waals surface area (Å²) in [7, 11) is 4.10. The van der Waals surface area contributed by atoms with Crippen molar-refractivity contribution in [3.05, 3.63) is 59.2 Å². The first-order valence-corrected chi connectivity index (χ1v) is 10.2. The molecule has 0 aliphatic carbocycles. The van der Waals surface area contributed by atoms with E-state index in [4.69, 9.17) is 14.2 Å². The Morgan fingerprint density at radius 1 is 1.00 bits per heavy atom. The number of halogens is 3. The maximum absolute atomic E-state index is 13.4. The highest BCUT2D eigenvalue weighted by atomic mass is 32.2. The number of alkyl halides is 3. The number of hydrogen-bond acceptors (Lipinski definition) is 6. The third kappa shape index (κ3) is 4.73. The van der Waals surface area contributed by atoms with Crippen LogP contribution in [0.3, 0.4) is 0 Å². The fourth-order valence-electron chi connectivity index (χ4n) is 3.25. The maximum atomic E-state index is 13.4. The zero-order chi connectivity index (χ0) is 22.8. The monoisotopic (exact) mass is 455 g/mol. The zero-order valence-electron chi connectivity index (χ0n) is 16.9. The van der Waals surface area contributed by atoms with Crippen LogP contribution in [0, 0.1) is 0 Å². The first-order chi connectivity index (χ1) is 14.7. The van der Waals surface area contributed by atoms with Crippen molar-refractivity contribution in [1.82, 2.24) is 4.90 Å². The molecule has 10 heteroatoms. The molecule has 2 unspecified atom stereocenters. The lowest BCUT2D eigenvalue weighted by Crippen LogP contribution is -2.43. The van der Waals surface area contributed by atoms with E-state index in [2.05, 4.69) is 0 Å². The number of carbonyl (C=O) groups excluding carboxylic acids is 2. The molecule has 0 N–H and O–H groups in total. The molecule has 3 rings (SSSR count). The van der Waals surface area contributed by atoms with Gasteiger partial charge in [0.1, 0.15) is 22.9 Å². The number of methoxy groups -OCH3 is 3. The first kappa shape index (κ1) is 22.8. The second-order valence-electron chi connectivity index (χ2n) is 6.66. The Bertz CT molecular complexity index is 942. The Kier molecular flexibility index (Phi) is 6.68. The summed E-state index contributed by atoms with van der Waals surface area (Å²) in [5.74, 6) is -0.0938. The summed E-state index contributed by atoms with van der Waals surface area (Å²) in [6.07, 6.45) is -4.47. The second-order valence-corrected chi connectivity index (χ2v) is 7.77. The summed E-state index contributed by atoms with van der Waals surface area (Å²) in [6.45, 7) is 0. The molecule has 166 valence electrons. The van der Waals surface area contributed by atoms with Crippen molar-refractivity contribution < 1.29 is 37.0 Å². The van der Waals surface area contributed by atoms with Crippen molar-refractivity contribution in [2.45, 2.75) is 17.6 Å². The highest BCUT2D eigenvalue weighted by molar-refractivity contribution is 7.99. The molecule has 2 atom stereocenters. The van der Waals surface area contributed by atoms with Gasteiger partial charge in [-0.1, -0.05) is 12.1 Å². The molecule has 0 bridgehead atoms. The van der Waals surface area contributed by atoms with E-state index in [0.717, 1.165) is 12.1 Å². The highest BCUT2D eigenvalue weighted by Gasteiger charge is 2.43. The molecule has 2 aromatic carbocycles. The number of nitrogens with zero attached hydrogens (tertiary/aromatic N) is 1. The van der Waals surface area contributed by atoms with Crippen LogP contribution in [0.2, 0.25) is 0 Å². The summed E-state index contributed by atoms with van der Waals surface area (Å²) in [6, 6.07) is 8.25. The van der Waals surface area contributed by atoms with Crippen LogP contribution in [0.5, 0.6) is 11.5 Å². The minimum atomic E-state index is -4.47. The van der Waals surface area contributed by atoms with Crippen LogP contribution in [0.15, 0.2) is 42.5 Å². The average molecular weight is 455 g/mol. The molecule has 1 amide bonds. The van der Waals surface area contributed by atoms with Crippen LogP contribution < -0.4 is 9.47 Å². The van der Waals surface area contributed by atoms with Crippen molar-refractivity contribution >= 4 is 23.6 Å². The summed E-state index contributed by atoms with van der Waals surface area (Å²) >= 11 is 1.27. The lowest BCUT2D eigenvalue weighted by atomic mass is 10.1. The Labute approximate surface area is 181 Å². The topological polar surface area (TPSA) is 65.1 Å². The van der Waals surface area contributed by atoms with Gasteiger partial charge in [-0.15, -0.1) is 11.8 Å². The van der Waals surface area contributed by atoms with Gasteiger partial charge in [-0.2, -0.15) is 13.2 Å². The molecule has 0 radical (unpaired) electrons. The predicted octanol–water partition coefficient (Wildman–Crippen LogP) is 4.15. The van der Waals surface area contributed by atoms with Crippen molar-refractivity contribution in [3.63, 3.8) is 0 Å². The predicted molar refractivity (Wildman–Crippen MR) is 108 cm³/mol. The minimum absolute atomic E-state index is 0.213. The second kappa shape index (κ2) is 9.09. The van der Waals surface area contributed by atoms with E-state index < -0.39 is 35.0 Å². The van der Waals surface area contributed by atoms with Gasteiger partial charge in [-0.25, -0.2) is 4.79 Å². The van der Waals surface area contributed by atoms with E-state index in [1.165, 1.54) is 62.3 Å². The summed E-state index contributed by atoms with van der Waals surface area (Å²) in [5, 5.41) is -0.670. The van der Waals surface area contributed by atoms with Gasteiger partial charge in [0.15, 0.2) is 0 Å². The third-order valence-electron chi connectivity index (χ3n) is 4.83. The van der Waals surface area contributed by atoms with E-state index in [9.17, 15) is 22.8 Å². The van der Waals surface area contributed by atoms with Crippen LogP contribution >= 0.6 is 11.8 Å². The number of rotatable bonds is 5. The molecule has 6 nitrogen and oxygen atoms in total. The van der Waals surface area contributed by atoms with Gasteiger partial charge in [-0.3, -0.25) is 4.79 Å². The maximum Gasteiger partial charge on any atom is 0.416 e. The van der Waals surface area contributed by atoms with Gasteiger partial charge in [0.05, 0.1) is 26.9 Å². The number of thioether (sulfide) groups is 1. The quantitative estimate of drug-likeness (QED) is 0.631. The normalized spacial score (nSPS) is 18.6. The Morgan fingerprint density at radius 2 is 1.58 bits per heavy atom. The Balaban J connectivity index is 2.01. The largest absolute Gasteiger partial charge is 0.497 e. The molecule has 0 spiro atoms. The molecule has 0 saturated carbocycles. The Hall–Kier alpha value is -2.88. The minimum Gasteiger partial charge on any atom is -0.497 e. The van der Waals surface area contributed by atoms with Gasteiger partial charge < -0.3 is 19.1 Å². The SMILES string of the molecule is COC(=O)C1CSC(c2ccc(C(F)(F)F)cc2)N1C(=O)c1cc(OC)cc(OC)c1. The van der Waals surface area contributed by atoms with Crippen molar-refractivity contribution in [3.8, 4) is 11.5 Å². The van der Waals surface area contributed by atoms with Crippen LogP contribution in [-0.4, -0.2) is 49.9 Å². The van der Waals surface area contributed by atoms with E-state index in [1.54, 1.807) is 6.07 Å². The number of amides is 1. The van der Waals surface area contributed by atoms with E-state index >= 15 is 0 Å². The standard InChI is InChI=1S/C21H20F3NO5S/c1-28-15-8-13(9-16(10-15)29-2)18(26)25-17(20(27)30-3)11-31-19(25)12-4-6-14(7-5-12)21(22,23)24/h4-10,17,19H,11H2,1-3H3. The summed E-state index contributed by atoms with van der Waals surface area (Å²) < 4.78 is 54.0. The van der Waals surface area contributed by atoms with Gasteiger partial charge in [0.25, 0.3) is 5.91 Å². The van der Waals surface area contributed by atoms with Gasteiger partial charge >= 0.3 is 12.1 Å². The molecule has 2 aromatic rings. The van der Waals surface area contributed by atoms with Crippen LogP contribution in [0.1, 0.15) is 26.9 Å². The summed E-state index contributed by atoms with van der Waals surface area (Å²) in [4.78, 5) is 27.1. The van der Waals surface area contributed by atoms with Crippen LogP contribution in [0.4, 0.5) is 13.2 Å². The highest BCUT2D eigenvalue weighted by Crippen LogP contribution is 2.43. The molecular weight excluding hydrogens is 435 g/mol. The van der Waals surface area contributed by atoms with E-state index in [0.29, 0.717) is 17.1 Å². The van der Waals surface area contributed by atoms with Gasteiger partial charge in [0.2, 0.25) is 0 Å². The Morgan fingerprint density at radius 3 is 2.06 bits per heavy atom. The summed E-state index contributed by atoms with van der Waals surface area (Å²) in [5.41, 5.74) is -0.115. The van der Waals surface area contributed by atoms with Crippen LogP contribution in [0.25, 0.3) is 0 Å². The molecule has 1 heterocycles. The number of ether oxygens (including phenoxy) is 3. The van der Waals surface area contributed by atoms with Crippen molar-refractivity contribution in [1.29, 1.82) is 0 Å². The van der Waals surface area contributed by atoms with Crippen LogP contribution in [-0.2, 0) is 15.7 Å². The lowest BCUT2D eigenvalue weighted by Gasteiger charge is -2.28. The number of carbonyl (C=O) groups is 2. The first-order valence-electron chi connectivity index (χ1n) is 9.12. The molecule has 31 heavy (non-hydrogen) atoms. The van der Waals surface area contributed by atoms with Crippen molar-refractivity contribution in [2.24, 2.45) is 0 Å². The zero-order valence-corrected chi connectivity index (χ0v) is 17.8. The van der Waals surface area contributed by atoms with Crippen molar-refractivity contribution in [2.75, 3.05) is 27.1 Å². The third-order valence-corrected chi connectivity index (χ3v) is 6.15. The molecule has 1 fully saturated rings. The average Bonchev–Trinajstić information content (AvgIpc) is 3.22. The molecule has 1 aliphatic rings. The number of benzene rings is 2. The van der Waals surface area contributed by atoms with E-state index in [-0.39, 0.29) is 11.3 Å². The van der Waals surface area contributed by atoms with Gasteiger partial charge in [-0.05, 0) is 29.8 Å². The fourth-order valence-corrected chi connectivity index (χ4v) is 4.66.